The van der Waals surface area contributed by atoms with Gasteiger partial charge in [-0.3, -0.25) is 9.89 Å². The molecule has 1 aromatic rings. The summed E-state index contributed by atoms with van der Waals surface area (Å²) in [4.78, 5) is 6.72. The first-order valence-electron chi connectivity index (χ1n) is 8.67. The van der Waals surface area contributed by atoms with Gasteiger partial charge in [-0.15, -0.1) is 24.0 Å². The van der Waals surface area contributed by atoms with Crippen molar-refractivity contribution in [3.05, 3.63) is 29.3 Å². The molecule has 0 atom stereocenters. The van der Waals surface area contributed by atoms with Crippen molar-refractivity contribution in [3.8, 4) is 5.75 Å². The highest BCUT2D eigenvalue weighted by molar-refractivity contribution is 14.0. The van der Waals surface area contributed by atoms with E-state index < -0.39 is 0 Å². The fourth-order valence-corrected chi connectivity index (χ4v) is 2.80. The summed E-state index contributed by atoms with van der Waals surface area (Å²) in [6.45, 7) is 10.0. The van der Waals surface area contributed by atoms with E-state index in [0.29, 0.717) is 18.2 Å². The summed E-state index contributed by atoms with van der Waals surface area (Å²) in [5.74, 6) is 1.59. The molecule has 2 N–H and O–H groups in total. The minimum Gasteiger partial charge on any atom is -0.492 e. The van der Waals surface area contributed by atoms with Crippen LogP contribution >= 0.6 is 35.6 Å². The average molecular weight is 497 g/mol. The fraction of sp³-hybridized carbons (Fsp3) is 0.611. The molecule has 0 amide bonds. The molecule has 1 saturated heterocycles. The van der Waals surface area contributed by atoms with Crippen molar-refractivity contribution < 1.29 is 9.47 Å². The van der Waals surface area contributed by atoms with E-state index in [1.54, 1.807) is 7.05 Å². The van der Waals surface area contributed by atoms with Gasteiger partial charge in [0.2, 0.25) is 0 Å². The Kier molecular flexibility index (Phi) is 10.6. The minimum atomic E-state index is 0. The van der Waals surface area contributed by atoms with Crippen LogP contribution < -0.4 is 15.4 Å². The summed E-state index contributed by atoms with van der Waals surface area (Å²) < 4.78 is 11.1. The number of hydrogen-bond acceptors (Lipinski definition) is 4. The maximum Gasteiger partial charge on any atom is 0.191 e. The largest absolute Gasteiger partial charge is 0.492 e. The molecule has 1 heterocycles. The number of morpholine rings is 1. The van der Waals surface area contributed by atoms with Crippen molar-refractivity contribution in [2.75, 3.05) is 53.0 Å². The summed E-state index contributed by atoms with van der Waals surface area (Å²) in [5.41, 5.74) is 0.0429. The summed E-state index contributed by atoms with van der Waals surface area (Å²) in [5, 5.41) is 7.37. The van der Waals surface area contributed by atoms with Gasteiger partial charge >= 0.3 is 0 Å². The van der Waals surface area contributed by atoms with Crippen molar-refractivity contribution in [2.45, 2.75) is 19.4 Å². The lowest BCUT2D eigenvalue weighted by Crippen LogP contribution is -2.56. The number of halogens is 2. The van der Waals surface area contributed by atoms with Gasteiger partial charge in [-0.1, -0.05) is 11.6 Å². The predicted octanol–water partition coefficient (Wildman–Crippen LogP) is 2.61. The molecule has 0 saturated carbocycles. The topological polar surface area (TPSA) is 58.1 Å². The van der Waals surface area contributed by atoms with E-state index in [1.165, 1.54) is 0 Å². The molecule has 0 unspecified atom stereocenters. The lowest BCUT2D eigenvalue weighted by molar-refractivity contribution is -0.00834. The van der Waals surface area contributed by atoms with Crippen molar-refractivity contribution in [2.24, 2.45) is 4.99 Å². The number of rotatable bonds is 7. The van der Waals surface area contributed by atoms with Gasteiger partial charge in [-0.05, 0) is 38.1 Å². The molecule has 8 heteroatoms. The van der Waals surface area contributed by atoms with Crippen molar-refractivity contribution >= 4 is 41.5 Å². The molecule has 1 aliphatic heterocycles. The summed E-state index contributed by atoms with van der Waals surface area (Å²) in [6.07, 6.45) is 0. The Labute approximate surface area is 178 Å². The van der Waals surface area contributed by atoms with Crippen molar-refractivity contribution in [3.63, 3.8) is 0 Å². The van der Waals surface area contributed by atoms with Crippen molar-refractivity contribution in [1.82, 2.24) is 15.5 Å². The molecule has 1 aromatic carbocycles. The molecule has 1 fully saturated rings. The second-order valence-electron chi connectivity index (χ2n) is 6.57. The van der Waals surface area contributed by atoms with E-state index in [4.69, 9.17) is 21.1 Å². The lowest BCUT2D eigenvalue weighted by atomic mass is 10.0. The molecule has 26 heavy (non-hydrogen) atoms. The summed E-state index contributed by atoms with van der Waals surface area (Å²) >= 11 is 5.86. The maximum absolute atomic E-state index is 5.86. The number of nitrogens with one attached hydrogen (secondary N) is 2. The number of nitrogens with zero attached hydrogens (tertiary/aromatic N) is 2. The van der Waals surface area contributed by atoms with Crippen LogP contribution in [-0.2, 0) is 4.74 Å². The monoisotopic (exact) mass is 496 g/mol. The molecule has 0 aliphatic carbocycles. The number of guanidine groups is 1. The van der Waals surface area contributed by atoms with Crippen LogP contribution in [0.1, 0.15) is 13.8 Å². The Morgan fingerprint density at radius 3 is 2.50 bits per heavy atom. The second kappa shape index (κ2) is 11.8. The van der Waals surface area contributed by atoms with Crippen LogP contribution in [0.15, 0.2) is 29.3 Å². The third kappa shape index (κ3) is 7.85. The molecule has 0 spiro atoms. The first-order chi connectivity index (χ1) is 12.0. The van der Waals surface area contributed by atoms with Crippen LogP contribution in [0.3, 0.4) is 0 Å². The van der Waals surface area contributed by atoms with Crippen LogP contribution in [0.4, 0.5) is 0 Å². The number of ether oxygens (including phenoxy) is 2. The van der Waals surface area contributed by atoms with Crippen LogP contribution in [-0.4, -0.2) is 69.4 Å². The van der Waals surface area contributed by atoms with E-state index >= 15 is 0 Å². The summed E-state index contributed by atoms with van der Waals surface area (Å²) in [6, 6.07) is 7.36. The quantitative estimate of drug-likeness (QED) is 0.263. The molecular formula is C18H30ClIN4O2. The standard InChI is InChI=1S/C18H29ClN4O2.HI/c1-18(2,23-9-12-24-13-10-23)14-22-17(20-3)21-8-11-25-16-6-4-15(19)5-7-16;/h4-7H,8-14H2,1-3H3,(H2,20,21,22);1H. The normalized spacial score (nSPS) is 15.9. The van der Waals surface area contributed by atoms with Gasteiger partial charge in [-0.2, -0.15) is 0 Å². The SMILES string of the molecule is CN=C(NCCOc1ccc(Cl)cc1)NCC(C)(C)N1CCOCC1.I. The van der Waals surface area contributed by atoms with Crippen LogP contribution in [0.5, 0.6) is 5.75 Å². The van der Waals surface area contributed by atoms with Gasteiger partial charge in [0.1, 0.15) is 12.4 Å². The van der Waals surface area contributed by atoms with E-state index in [2.05, 4.69) is 34.4 Å². The first-order valence-corrected chi connectivity index (χ1v) is 9.05. The zero-order valence-corrected chi connectivity index (χ0v) is 18.8. The van der Waals surface area contributed by atoms with Gasteiger partial charge in [0.05, 0.1) is 19.8 Å². The number of hydrogen-bond donors (Lipinski definition) is 2. The zero-order valence-electron chi connectivity index (χ0n) is 15.8. The smallest absolute Gasteiger partial charge is 0.191 e. The van der Waals surface area contributed by atoms with Gasteiger partial charge in [-0.25, -0.2) is 0 Å². The molecule has 1 aliphatic rings. The van der Waals surface area contributed by atoms with Crippen LogP contribution in [0, 0.1) is 0 Å². The van der Waals surface area contributed by atoms with E-state index in [0.717, 1.165) is 44.6 Å². The first kappa shape index (κ1) is 23.3. The Balaban J connectivity index is 0.00000338. The zero-order chi connectivity index (χ0) is 18.1. The highest BCUT2D eigenvalue weighted by Crippen LogP contribution is 2.16. The fourth-order valence-electron chi connectivity index (χ4n) is 2.67. The van der Waals surface area contributed by atoms with E-state index in [1.807, 2.05) is 24.3 Å². The summed E-state index contributed by atoms with van der Waals surface area (Å²) in [7, 11) is 1.77. The van der Waals surface area contributed by atoms with E-state index in [9.17, 15) is 0 Å². The van der Waals surface area contributed by atoms with Crippen molar-refractivity contribution in [1.29, 1.82) is 0 Å². The molecule has 6 nitrogen and oxygen atoms in total. The number of aliphatic imine (C=N–C) groups is 1. The Morgan fingerprint density at radius 2 is 1.88 bits per heavy atom. The Hall–Kier alpha value is -0.770. The highest BCUT2D eigenvalue weighted by atomic mass is 127. The van der Waals surface area contributed by atoms with Gasteiger partial charge in [0.15, 0.2) is 5.96 Å². The molecule has 0 bridgehead atoms. The van der Waals surface area contributed by atoms with Crippen LogP contribution in [0.2, 0.25) is 5.02 Å². The van der Waals surface area contributed by atoms with Gasteiger partial charge in [0, 0.05) is 37.2 Å². The Bertz CT molecular complexity index is 549. The molecular weight excluding hydrogens is 467 g/mol. The number of benzene rings is 1. The lowest BCUT2D eigenvalue weighted by Gasteiger charge is -2.41. The highest BCUT2D eigenvalue weighted by Gasteiger charge is 2.28. The van der Waals surface area contributed by atoms with Gasteiger partial charge < -0.3 is 20.1 Å². The minimum absolute atomic E-state index is 0. The molecule has 0 aromatic heterocycles. The predicted molar refractivity (Wildman–Crippen MR) is 118 cm³/mol. The third-order valence-electron chi connectivity index (χ3n) is 4.26. The third-order valence-corrected chi connectivity index (χ3v) is 4.51. The Morgan fingerprint density at radius 1 is 1.23 bits per heavy atom. The van der Waals surface area contributed by atoms with Gasteiger partial charge in [0.25, 0.3) is 0 Å². The van der Waals surface area contributed by atoms with Crippen LogP contribution in [0.25, 0.3) is 0 Å². The molecule has 2 rings (SSSR count). The second-order valence-corrected chi connectivity index (χ2v) is 7.00. The maximum atomic E-state index is 5.86. The molecule has 148 valence electrons. The van der Waals surface area contributed by atoms with E-state index in [-0.39, 0.29) is 29.5 Å². The average Bonchev–Trinajstić information content (AvgIpc) is 2.63. The molecule has 0 radical (unpaired) electrons.